The fourth-order valence-electron chi connectivity index (χ4n) is 2.83. The maximum Gasteiger partial charge on any atom is 0.305 e. The highest BCUT2D eigenvalue weighted by Crippen LogP contribution is 2.41. The molecule has 1 aromatic carbocycles. The zero-order valence-corrected chi connectivity index (χ0v) is 10.2. The van der Waals surface area contributed by atoms with E-state index in [0.29, 0.717) is 18.5 Å². The number of rotatable bonds is 4. The molecule has 2 rings (SSSR count). The third-order valence-electron chi connectivity index (χ3n) is 3.92. The van der Waals surface area contributed by atoms with E-state index in [4.69, 9.17) is 5.73 Å². The van der Waals surface area contributed by atoms with Crippen molar-refractivity contribution < 1.29 is 9.31 Å². The van der Waals surface area contributed by atoms with Gasteiger partial charge in [0.15, 0.2) is 0 Å². The zero-order valence-electron chi connectivity index (χ0n) is 10.2. The van der Waals surface area contributed by atoms with Gasteiger partial charge >= 0.3 is 5.69 Å². The molecule has 0 radical (unpaired) electrons. The van der Waals surface area contributed by atoms with Crippen LogP contribution in [0.5, 0.6) is 0 Å². The molecule has 2 N–H and O–H groups in total. The predicted molar refractivity (Wildman–Crippen MR) is 66.7 cm³/mol. The molecule has 4 nitrogen and oxygen atoms in total. The number of nitro benzene ring substituents is 1. The summed E-state index contributed by atoms with van der Waals surface area (Å²) in [5.41, 5.74) is 5.70. The van der Waals surface area contributed by atoms with Crippen LogP contribution >= 0.6 is 0 Å². The molecule has 1 fully saturated rings. The first-order chi connectivity index (χ1) is 8.58. The summed E-state index contributed by atoms with van der Waals surface area (Å²) < 4.78 is 14.0. The molecule has 0 spiro atoms. The first-order valence-electron chi connectivity index (χ1n) is 6.20. The number of halogens is 1. The molecule has 1 saturated carbocycles. The Hall–Kier alpha value is -1.49. The second-order valence-corrected chi connectivity index (χ2v) is 5.10. The van der Waals surface area contributed by atoms with Gasteiger partial charge in [0.25, 0.3) is 0 Å². The molecule has 0 atom stereocenters. The standard InChI is InChI=1S/C13H17FN2O2/c14-12-10(4-3-5-11(12)16(17)18)8-13(9-15)6-1-2-7-13/h3-5H,1-2,6-9,15H2. The summed E-state index contributed by atoms with van der Waals surface area (Å²) in [5.74, 6) is -0.706. The van der Waals surface area contributed by atoms with Gasteiger partial charge in [0, 0.05) is 6.07 Å². The van der Waals surface area contributed by atoms with Crippen molar-refractivity contribution in [2.75, 3.05) is 6.54 Å². The Balaban J connectivity index is 2.29. The maximum atomic E-state index is 14.0. The number of hydrogen-bond donors (Lipinski definition) is 1. The Morgan fingerprint density at radius 3 is 2.61 bits per heavy atom. The van der Waals surface area contributed by atoms with Crippen molar-refractivity contribution in [2.24, 2.45) is 11.1 Å². The molecule has 0 aromatic heterocycles. The normalized spacial score (nSPS) is 17.9. The molecule has 98 valence electrons. The first kappa shape index (κ1) is 13.0. The highest BCUT2D eigenvalue weighted by molar-refractivity contribution is 5.37. The average Bonchev–Trinajstić information content (AvgIpc) is 2.81. The van der Waals surface area contributed by atoms with Crippen molar-refractivity contribution in [3.05, 3.63) is 39.7 Å². The summed E-state index contributed by atoms with van der Waals surface area (Å²) in [4.78, 5) is 10.0. The minimum atomic E-state index is -0.706. The van der Waals surface area contributed by atoms with Crippen molar-refractivity contribution in [2.45, 2.75) is 32.1 Å². The number of nitrogens with two attached hydrogens (primary N) is 1. The van der Waals surface area contributed by atoms with Crippen molar-refractivity contribution in [3.8, 4) is 0 Å². The molecular formula is C13H17FN2O2. The summed E-state index contributed by atoms with van der Waals surface area (Å²) in [6, 6.07) is 4.36. The van der Waals surface area contributed by atoms with E-state index in [9.17, 15) is 14.5 Å². The SMILES string of the molecule is NCC1(Cc2cccc([N+](=O)[O-])c2F)CCCC1. The summed E-state index contributed by atoms with van der Waals surface area (Å²) >= 11 is 0. The highest BCUT2D eigenvalue weighted by Gasteiger charge is 2.34. The smallest absolute Gasteiger partial charge is 0.305 e. The molecule has 0 unspecified atom stereocenters. The van der Waals surface area contributed by atoms with Gasteiger partial charge < -0.3 is 5.73 Å². The van der Waals surface area contributed by atoms with Crippen LogP contribution in [0.3, 0.4) is 0 Å². The van der Waals surface area contributed by atoms with Crippen LogP contribution < -0.4 is 5.73 Å². The van der Waals surface area contributed by atoms with E-state index in [-0.39, 0.29) is 5.41 Å². The molecule has 0 heterocycles. The average molecular weight is 252 g/mol. The molecule has 0 bridgehead atoms. The van der Waals surface area contributed by atoms with Crippen LogP contribution in [0.25, 0.3) is 0 Å². The molecular weight excluding hydrogens is 235 g/mol. The molecule has 0 amide bonds. The number of benzene rings is 1. The fraction of sp³-hybridized carbons (Fsp3) is 0.538. The van der Waals surface area contributed by atoms with Crippen LogP contribution in [0.15, 0.2) is 18.2 Å². The monoisotopic (exact) mass is 252 g/mol. The van der Waals surface area contributed by atoms with Gasteiger partial charge in [-0.05, 0) is 36.8 Å². The lowest BCUT2D eigenvalue weighted by Crippen LogP contribution is -2.30. The fourth-order valence-corrected chi connectivity index (χ4v) is 2.83. The van der Waals surface area contributed by atoms with Gasteiger partial charge in [-0.2, -0.15) is 4.39 Å². The largest absolute Gasteiger partial charge is 0.330 e. The minimum Gasteiger partial charge on any atom is -0.330 e. The van der Waals surface area contributed by atoms with Crippen molar-refractivity contribution in [1.82, 2.24) is 0 Å². The quantitative estimate of drug-likeness (QED) is 0.661. The van der Waals surface area contributed by atoms with Crippen molar-refractivity contribution in [3.63, 3.8) is 0 Å². The van der Waals surface area contributed by atoms with E-state index in [1.807, 2.05) is 0 Å². The molecule has 0 aliphatic heterocycles. The van der Waals surface area contributed by atoms with Gasteiger partial charge in [0.2, 0.25) is 5.82 Å². The lowest BCUT2D eigenvalue weighted by molar-refractivity contribution is -0.387. The van der Waals surface area contributed by atoms with Gasteiger partial charge in [-0.3, -0.25) is 10.1 Å². The second kappa shape index (κ2) is 5.02. The first-order valence-corrected chi connectivity index (χ1v) is 6.20. The van der Waals surface area contributed by atoms with Gasteiger partial charge in [0.05, 0.1) is 4.92 Å². The Morgan fingerprint density at radius 2 is 2.06 bits per heavy atom. The van der Waals surface area contributed by atoms with E-state index in [1.165, 1.54) is 12.1 Å². The lowest BCUT2D eigenvalue weighted by atomic mass is 9.80. The topological polar surface area (TPSA) is 69.2 Å². The van der Waals surface area contributed by atoms with Gasteiger partial charge in [0.1, 0.15) is 0 Å². The Bertz CT molecular complexity index is 456. The van der Waals surface area contributed by atoms with Crippen LogP contribution in [-0.4, -0.2) is 11.5 Å². The lowest BCUT2D eigenvalue weighted by Gasteiger charge is -2.27. The van der Waals surface area contributed by atoms with E-state index in [1.54, 1.807) is 6.07 Å². The molecule has 5 heteroatoms. The Labute approximate surface area is 105 Å². The van der Waals surface area contributed by atoms with E-state index < -0.39 is 16.4 Å². The summed E-state index contributed by atoms with van der Waals surface area (Å²) in [6.45, 7) is 0.509. The van der Waals surface area contributed by atoms with Crippen molar-refractivity contribution in [1.29, 1.82) is 0 Å². The maximum absolute atomic E-state index is 14.0. The number of hydrogen-bond acceptors (Lipinski definition) is 3. The van der Waals surface area contributed by atoms with Crippen LogP contribution in [0.4, 0.5) is 10.1 Å². The van der Waals surface area contributed by atoms with E-state index in [2.05, 4.69) is 0 Å². The van der Waals surface area contributed by atoms with Gasteiger partial charge in [-0.1, -0.05) is 25.0 Å². The second-order valence-electron chi connectivity index (χ2n) is 5.10. The predicted octanol–water partition coefficient (Wildman–Crippen LogP) is 2.80. The van der Waals surface area contributed by atoms with Crippen LogP contribution in [0.1, 0.15) is 31.2 Å². The zero-order chi connectivity index (χ0) is 13.2. The third-order valence-corrected chi connectivity index (χ3v) is 3.92. The molecule has 1 aliphatic carbocycles. The third kappa shape index (κ3) is 2.36. The summed E-state index contributed by atoms with van der Waals surface area (Å²) in [5, 5.41) is 10.7. The molecule has 1 aromatic rings. The summed E-state index contributed by atoms with van der Waals surface area (Å²) in [7, 11) is 0. The van der Waals surface area contributed by atoms with Gasteiger partial charge in [-0.25, -0.2) is 0 Å². The Morgan fingerprint density at radius 1 is 1.39 bits per heavy atom. The minimum absolute atomic E-state index is 0.0734. The molecule has 1 aliphatic rings. The van der Waals surface area contributed by atoms with Gasteiger partial charge in [-0.15, -0.1) is 0 Å². The highest BCUT2D eigenvalue weighted by atomic mass is 19.1. The number of nitrogens with zero attached hydrogens (tertiary/aromatic N) is 1. The molecule has 0 saturated heterocycles. The van der Waals surface area contributed by atoms with Crippen LogP contribution in [0, 0.1) is 21.3 Å². The van der Waals surface area contributed by atoms with E-state index >= 15 is 0 Å². The van der Waals surface area contributed by atoms with E-state index in [0.717, 1.165) is 25.7 Å². The van der Waals surface area contributed by atoms with Crippen molar-refractivity contribution >= 4 is 5.69 Å². The van der Waals surface area contributed by atoms with Crippen LogP contribution in [-0.2, 0) is 6.42 Å². The Kier molecular flexibility index (Phi) is 3.61. The number of nitro groups is 1. The molecule has 18 heavy (non-hydrogen) atoms. The summed E-state index contributed by atoms with van der Waals surface area (Å²) in [6.07, 6.45) is 4.66. The van der Waals surface area contributed by atoms with Crippen LogP contribution in [0.2, 0.25) is 0 Å².